The molecule has 0 spiro atoms. The number of carbonyl (C=O) groups excluding carboxylic acids is 1. The maximum absolute atomic E-state index is 13.7. The average molecular weight is 579 g/mol. The lowest BCUT2D eigenvalue weighted by Gasteiger charge is -2.26. The summed E-state index contributed by atoms with van der Waals surface area (Å²) in [5.41, 5.74) is 5.09. The minimum Gasteiger partial charge on any atom is -0.351 e. The summed E-state index contributed by atoms with van der Waals surface area (Å²) in [6.45, 7) is 4.59. The highest BCUT2D eigenvalue weighted by molar-refractivity contribution is 7.98. The first kappa shape index (κ1) is 28.7. The normalized spacial score (nSPS) is 11.3. The highest BCUT2D eigenvalue weighted by Gasteiger charge is 2.26. The molecule has 4 aromatic carbocycles. The van der Waals surface area contributed by atoms with Crippen molar-refractivity contribution < 1.29 is 13.2 Å². The van der Waals surface area contributed by atoms with Gasteiger partial charge in [0.15, 0.2) is 0 Å². The molecule has 8 heteroatoms. The van der Waals surface area contributed by atoms with E-state index in [-0.39, 0.29) is 17.3 Å². The monoisotopic (exact) mass is 578 g/mol. The Bertz CT molecular complexity index is 1530. The lowest BCUT2D eigenvalue weighted by Crippen LogP contribution is -2.31. The van der Waals surface area contributed by atoms with E-state index >= 15 is 0 Å². The molecular formula is C31H31ClN2O3S2. The van der Waals surface area contributed by atoms with Crippen LogP contribution in [0.5, 0.6) is 0 Å². The van der Waals surface area contributed by atoms with Crippen molar-refractivity contribution in [2.45, 2.75) is 31.0 Å². The first-order valence-corrected chi connectivity index (χ1v) is 15.6. The molecule has 4 aromatic rings. The lowest BCUT2D eigenvalue weighted by atomic mass is 10.1. The molecule has 1 amide bonds. The van der Waals surface area contributed by atoms with Crippen molar-refractivity contribution in [2.24, 2.45) is 0 Å². The summed E-state index contributed by atoms with van der Waals surface area (Å²) in [5.74, 6) is 1.56. The predicted molar refractivity (Wildman–Crippen MR) is 162 cm³/mol. The van der Waals surface area contributed by atoms with Gasteiger partial charge < -0.3 is 5.32 Å². The van der Waals surface area contributed by atoms with Crippen LogP contribution in [0, 0.1) is 13.8 Å². The highest BCUT2D eigenvalue weighted by atomic mass is 35.5. The Kier molecular flexibility index (Phi) is 9.73. The molecule has 0 saturated carbocycles. The van der Waals surface area contributed by atoms with Crippen molar-refractivity contribution in [3.05, 3.63) is 130 Å². The minimum atomic E-state index is -3.87. The number of anilines is 1. The van der Waals surface area contributed by atoms with Crippen LogP contribution in [0.15, 0.2) is 102 Å². The SMILES string of the molecule is Cc1cccc(CSCCNC(=O)c2ccc(CN(c3cc(Cl)ccc3C)S(=O)(=O)c3ccccc3)cc2)c1. The van der Waals surface area contributed by atoms with Crippen LogP contribution in [0.3, 0.4) is 0 Å². The summed E-state index contributed by atoms with van der Waals surface area (Å²) in [5, 5.41) is 3.41. The molecule has 39 heavy (non-hydrogen) atoms. The second-order valence-electron chi connectivity index (χ2n) is 9.25. The summed E-state index contributed by atoms with van der Waals surface area (Å²) < 4.78 is 28.7. The summed E-state index contributed by atoms with van der Waals surface area (Å²) in [7, 11) is -3.87. The van der Waals surface area contributed by atoms with E-state index < -0.39 is 10.0 Å². The number of hydrogen-bond donors (Lipinski definition) is 1. The van der Waals surface area contributed by atoms with Gasteiger partial charge in [-0.2, -0.15) is 11.8 Å². The number of sulfonamides is 1. The molecule has 4 rings (SSSR count). The molecular weight excluding hydrogens is 548 g/mol. The van der Waals surface area contributed by atoms with Gasteiger partial charge in [0.1, 0.15) is 0 Å². The Balaban J connectivity index is 1.42. The molecule has 0 heterocycles. The van der Waals surface area contributed by atoms with Crippen LogP contribution in [0.2, 0.25) is 5.02 Å². The smallest absolute Gasteiger partial charge is 0.264 e. The van der Waals surface area contributed by atoms with E-state index in [9.17, 15) is 13.2 Å². The zero-order chi connectivity index (χ0) is 27.8. The third kappa shape index (κ3) is 7.66. The second kappa shape index (κ2) is 13.2. The number of hydrogen-bond acceptors (Lipinski definition) is 4. The first-order valence-electron chi connectivity index (χ1n) is 12.6. The molecule has 1 N–H and O–H groups in total. The minimum absolute atomic E-state index is 0.0932. The van der Waals surface area contributed by atoms with Crippen LogP contribution in [0.1, 0.15) is 32.6 Å². The van der Waals surface area contributed by atoms with Gasteiger partial charge in [-0.3, -0.25) is 9.10 Å². The second-order valence-corrected chi connectivity index (χ2v) is 12.7. The van der Waals surface area contributed by atoms with Crippen LogP contribution < -0.4 is 9.62 Å². The van der Waals surface area contributed by atoms with E-state index in [4.69, 9.17) is 11.6 Å². The summed E-state index contributed by atoms with van der Waals surface area (Å²) >= 11 is 8.02. The quantitative estimate of drug-likeness (QED) is 0.194. The number of rotatable bonds is 11. The topological polar surface area (TPSA) is 66.5 Å². The van der Waals surface area contributed by atoms with Crippen LogP contribution in [0.25, 0.3) is 0 Å². The molecule has 0 saturated heterocycles. The van der Waals surface area contributed by atoms with E-state index in [1.165, 1.54) is 15.4 Å². The van der Waals surface area contributed by atoms with Gasteiger partial charge in [0, 0.05) is 28.6 Å². The van der Waals surface area contributed by atoms with Gasteiger partial charge in [-0.1, -0.05) is 77.8 Å². The number of nitrogens with one attached hydrogen (secondary N) is 1. The first-order chi connectivity index (χ1) is 18.7. The average Bonchev–Trinajstić information content (AvgIpc) is 2.93. The Hall–Kier alpha value is -3.26. The zero-order valence-electron chi connectivity index (χ0n) is 21.9. The summed E-state index contributed by atoms with van der Waals surface area (Å²) in [6.07, 6.45) is 0. The summed E-state index contributed by atoms with van der Waals surface area (Å²) in [6, 6.07) is 29.0. The van der Waals surface area contributed by atoms with Gasteiger partial charge in [0.05, 0.1) is 17.1 Å². The lowest BCUT2D eigenvalue weighted by molar-refractivity contribution is 0.0956. The maximum Gasteiger partial charge on any atom is 0.264 e. The van der Waals surface area contributed by atoms with Crippen LogP contribution in [-0.2, 0) is 22.3 Å². The molecule has 0 aliphatic heterocycles. The number of carbonyl (C=O) groups is 1. The molecule has 5 nitrogen and oxygen atoms in total. The van der Waals surface area contributed by atoms with Crippen LogP contribution in [-0.4, -0.2) is 26.6 Å². The van der Waals surface area contributed by atoms with Crippen molar-refractivity contribution in [1.82, 2.24) is 5.32 Å². The van der Waals surface area contributed by atoms with Gasteiger partial charge in [0.25, 0.3) is 15.9 Å². The van der Waals surface area contributed by atoms with Gasteiger partial charge in [0.2, 0.25) is 0 Å². The molecule has 202 valence electrons. The van der Waals surface area contributed by atoms with E-state index in [0.29, 0.717) is 22.8 Å². The fourth-order valence-electron chi connectivity index (χ4n) is 4.13. The number of thioether (sulfide) groups is 1. The van der Waals surface area contributed by atoms with Crippen molar-refractivity contribution in [3.63, 3.8) is 0 Å². The number of aryl methyl sites for hydroxylation is 2. The predicted octanol–water partition coefficient (Wildman–Crippen LogP) is 7.02. The van der Waals surface area contributed by atoms with E-state index in [1.807, 2.05) is 6.92 Å². The molecule has 0 bridgehead atoms. The van der Waals surface area contributed by atoms with Crippen molar-refractivity contribution >= 4 is 45.0 Å². The van der Waals surface area contributed by atoms with E-state index in [2.05, 4.69) is 36.5 Å². The molecule has 0 radical (unpaired) electrons. The molecule has 0 fully saturated rings. The third-order valence-electron chi connectivity index (χ3n) is 6.20. The number of amides is 1. The Morgan fingerprint density at radius 2 is 1.62 bits per heavy atom. The Morgan fingerprint density at radius 1 is 0.872 bits per heavy atom. The fraction of sp³-hybridized carbons (Fsp3) is 0.194. The van der Waals surface area contributed by atoms with Gasteiger partial charge in [-0.15, -0.1) is 0 Å². The van der Waals surface area contributed by atoms with Gasteiger partial charge in [-0.05, 0) is 66.9 Å². The van der Waals surface area contributed by atoms with E-state index in [0.717, 1.165) is 22.6 Å². The molecule has 0 aliphatic carbocycles. The summed E-state index contributed by atoms with van der Waals surface area (Å²) in [4.78, 5) is 12.9. The highest BCUT2D eigenvalue weighted by Crippen LogP contribution is 2.31. The van der Waals surface area contributed by atoms with Gasteiger partial charge >= 0.3 is 0 Å². The van der Waals surface area contributed by atoms with Crippen molar-refractivity contribution in [3.8, 4) is 0 Å². The van der Waals surface area contributed by atoms with Crippen molar-refractivity contribution in [1.29, 1.82) is 0 Å². The molecule has 0 unspecified atom stereocenters. The molecule has 0 aliphatic rings. The Labute approximate surface area is 240 Å². The maximum atomic E-state index is 13.7. The van der Waals surface area contributed by atoms with E-state index in [1.54, 1.807) is 84.6 Å². The fourth-order valence-corrected chi connectivity index (χ4v) is 6.63. The Morgan fingerprint density at radius 3 is 2.33 bits per heavy atom. The van der Waals surface area contributed by atoms with Crippen LogP contribution in [0.4, 0.5) is 5.69 Å². The zero-order valence-corrected chi connectivity index (χ0v) is 24.3. The van der Waals surface area contributed by atoms with Crippen molar-refractivity contribution in [2.75, 3.05) is 16.6 Å². The third-order valence-corrected chi connectivity index (χ3v) is 9.24. The van der Waals surface area contributed by atoms with Gasteiger partial charge in [-0.25, -0.2) is 8.42 Å². The molecule has 0 atom stereocenters. The molecule has 0 aromatic heterocycles. The number of benzene rings is 4. The van der Waals surface area contributed by atoms with Crippen LogP contribution >= 0.6 is 23.4 Å². The standard InChI is InChI=1S/C31H31ClN2O3S2/c1-23-7-6-8-26(19-23)22-38-18-17-33-31(35)27-14-12-25(13-15-27)21-34(30-20-28(32)16-11-24(30)2)39(36,37)29-9-4-3-5-10-29/h3-16,19-20H,17-18,21-22H2,1-2H3,(H,33,35). The number of nitrogens with zero attached hydrogens (tertiary/aromatic N) is 1. The number of halogens is 1. The largest absolute Gasteiger partial charge is 0.351 e.